The molecule has 1 amide bonds. The van der Waals surface area contributed by atoms with Crippen LogP contribution in [-0.4, -0.2) is 18.5 Å². The maximum absolute atomic E-state index is 11.7. The van der Waals surface area contributed by atoms with Crippen molar-refractivity contribution in [1.82, 2.24) is 0 Å². The first kappa shape index (κ1) is 13.6. The fraction of sp³-hybridized carbons (Fsp3) is 0.467. The van der Waals surface area contributed by atoms with Crippen molar-refractivity contribution >= 4 is 17.6 Å². The highest BCUT2D eigenvalue weighted by Crippen LogP contribution is 2.25. The fourth-order valence-electron chi connectivity index (χ4n) is 2.32. The largest absolute Gasteiger partial charge is 0.455 e. The quantitative estimate of drug-likeness (QED) is 0.848. The highest BCUT2D eigenvalue weighted by Gasteiger charge is 2.24. The number of benzene rings is 1. The minimum atomic E-state index is -0.291. The number of rotatable bonds is 4. The Kier molecular flexibility index (Phi) is 4.55. The molecule has 2 rings (SSSR count). The lowest BCUT2D eigenvalue weighted by molar-refractivity contribution is -0.151. The van der Waals surface area contributed by atoms with Crippen LogP contribution in [0.15, 0.2) is 24.3 Å². The van der Waals surface area contributed by atoms with Gasteiger partial charge in [-0.05, 0) is 31.4 Å². The maximum Gasteiger partial charge on any atom is 0.309 e. The van der Waals surface area contributed by atoms with Crippen molar-refractivity contribution < 1.29 is 14.3 Å². The van der Waals surface area contributed by atoms with Crippen LogP contribution in [0.3, 0.4) is 0 Å². The van der Waals surface area contributed by atoms with Gasteiger partial charge in [0.2, 0.25) is 0 Å². The van der Waals surface area contributed by atoms with Crippen LogP contribution in [0.2, 0.25) is 0 Å². The number of amides is 1. The second-order valence-corrected chi connectivity index (χ2v) is 4.95. The molecule has 0 unspecified atom stereocenters. The Bertz CT molecular complexity index is 464. The summed E-state index contributed by atoms with van der Waals surface area (Å²) in [6.45, 7) is 1.71. The van der Waals surface area contributed by atoms with Crippen molar-refractivity contribution in [1.29, 1.82) is 0 Å². The van der Waals surface area contributed by atoms with E-state index >= 15 is 0 Å². The van der Waals surface area contributed by atoms with E-state index < -0.39 is 0 Å². The van der Waals surface area contributed by atoms with Crippen molar-refractivity contribution in [2.45, 2.75) is 32.6 Å². The molecule has 1 fully saturated rings. The van der Waals surface area contributed by atoms with Gasteiger partial charge >= 0.3 is 5.97 Å². The predicted molar refractivity (Wildman–Crippen MR) is 72.7 cm³/mol. The van der Waals surface area contributed by atoms with Gasteiger partial charge in [-0.15, -0.1) is 0 Å². The van der Waals surface area contributed by atoms with E-state index in [0.29, 0.717) is 0 Å². The molecule has 1 saturated carbocycles. The molecular formula is C15H19NO3. The summed E-state index contributed by atoms with van der Waals surface area (Å²) < 4.78 is 5.05. The molecule has 0 aliphatic heterocycles. The van der Waals surface area contributed by atoms with Crippen LogP contribution in [0.25, 0.3) is 0 Å². The number of aryl methyl sites for hydroxylation is 1. The lowest BCUT2D eigenvalue weighted by Crippen LogP contribution is -2.24. The topological polar surface area (TPSA) is 55.4 Å². The van der Waals surface area contributed by atoms with E-state index in [1.54, 1.807) is 0 Å². The Balaban J connectivity index is 1.78. The highest BCUT2D eigenvalue weighted by molar-refractivity contribution is 5.93. The van der Waals surface area contributed by atoms with Gasteiger partial charge in [-0.25, -0.2) is 0 Å². The van der Waals surface area contributed by atoms with Crippen LogP contribution >= 0.6 is 0 Å². The number of ether oxygens (including phenoxy) is 1. The number of hydrogen-bond donors (Lipinski definition) is 1. The lowest BCUT2D eigenvalue weighted by Gasteiger charge is -2.11. The van der Waals surface area contributed by atoms with Crippen molar-refractivity contribution in [2.75, 3.05) is 11.9 Å². The zero-order valence-electron chi connectivity index (χ0n) is 11.1. The van der Waals surface area contributed by atoms with Crippen LogP contribution in [-0.2, 0) is 14.3 Å². The first-order chi connectivity index (χ1) is 9.16. The molecule has 0 saturated heterocycles. The van der Waals surface area contributed by atoms with E-state index in [1.807, 2.05) is 31.2 Å². The van der Waals surface area contributed by atoms with Gasteiger partial charge in [0.05, 0.1) is 5.92 Å². The third-order valence-electron chi connectivity index (χ3n) is 3.45. The maximum atomic E-state index is 11.7. The average molecular weight is 261 g/mol. The Morgan fingerprint density at radius 3 is 2.63 bits per heavy atom. The summed E-state index contributed by atoms with van der Waals surface area (Å²) in [7, 11) is 0. The zero-order valence-corrected chi connectivity index (χ0v) is 11.1. The van der Waals surface area contributed by atoms with Crippen LogP contribution in [0.5, 0.6) is 0 Å². The molecule has 102 valence electrons. The first-order valence-corrected chi connectivity index (χ1v) is 6.69. The summed E-state index contributed by atoms with van der Waals surface area (Å²) in [6.07, 6.45) is 3.93. The minimum absolute atomic E-state index is 0.00809. The van der Waals surface area contributed by atoms with Gasteiger partial charge < -0.3 is 10.1 Å². The van der Waals surface area contributed by atoms with Crippen LogP contribution in [0, 0.1) is 12.8 Å². The van der Waals surface area contributed by atoms with Gasteiger partial charge in [0.15, 0.2) is 6.61 Å². The van der Waals surface area contributed by atoms with Crippen molar-refractivity contribution in [3.05, 3.63) is 29.8 Å². The molecule has 4 heteroatoms. The van der Waals surface area contributed by atoms with Crippen molar-refractivity contribution in [2.24, 2.45) is 5.92 Å². The van der Waals surface area contributed by atoms with E-state index in [9.17, 15) is 9.59 Å². The first-order valence-electron chi connectivity index (χ1n) is 6.69. The highest BCUT2D eigenvalue weighted by atomic mass is 16.5. The lowest BCUT2D eigenvalue weighted by atomic mass is 10.1. The summed E-state index contributed by atoms with van der Waals surface area (Å²) in [5.41, 5.74) is 1.74. The molecule has 1 aliphatic rings. The predicted octanol–water partition coefficient (Wildman–Crippen LogP) is 2.67. The molecule has 0 radical (unpaired) electrons. The zero-order chi connectivity index (χ0) is 13.7. The number of carbonyl (C=O) groups excluding carboxylic acids is 2. The fourth-order valence-corrected chi connectivity index (χ4v) is 2.32. The molecule has 1 aliphatic carbocycles. The third kappa shape index (κ3) is 3.81. The smallest absolute Gasteiger partial charge is 0.309 e. The molecule has 4 nitrogen and oxygen atoms in total. The van der Waals surface area contributed by atoms with Gasteiger partial charge in [-0.1, -0.05) is 31.0 Å². The Morgan fingerprint density at radius 2 is 1.95 bits per heavy atom. The third-order valence-corrected chi connectivity index (χ3v) is 3.45. The average Bonchev–Trinajstić information content (AvgIpc) is 2.93. The van der Waals surface area contributed by atoms with Gasteiger partial charge in [-0.2, -0.15) is 0 Å². The molecule has 1 aromatic carbocycles. The van der Waals surface area contributed by atoms with Crippen LogP contribution in [0.4, 0.5) is 5.69 Å². The van der Waals surface area contributed by atoms with E-state index in [4.69, 9.17) is 4.74 Å². The van der Waals surface area contributed by atoms with E-state index in [0.717, 1.165) is 36.9 Å². The molecule has 1 aromatic rings. The summed E-state index contributed by atoms with van der Waals surface area (Å²) in [6, 6.07) is 7.50. The van der Waals surface area contributed by atoms with Gasteiger partial charge in [0.25, 0.3) is 5.91 Å². The SMILES string of the molecule is Cc1ccccc1NC(=O)COC(=O)C1CCCC1. The number of para-hydroxylation sites is 1. The number of carbonyl (C=O) groups is 2. The second-order valence-electron chi connectivity index (χ2n) is 4.95. The summed E-state index contributed by atoms with van der Waals surface area (Å²) in [4.78, 5) is 23.4. The molecule has 1 N–H and O–H groups in total. The van der Waals surface area contributed by atoms with Crippen molar-refractivity contribution in [3.63, 3.8) is 0 Å². The van der Waals surface area contributed by atoms with E-state index in [2.05, 4.69) is 5.32 Å². The van der Waals surface area contributed by atoms with Gasteiger partial charge in [0.1, 0.15) is 0 Å². The number of nitrogens with one attached hydrogen (secondary N) is 1. The Labute approximate surface area is 113 Å². The second kappa shape index (κ2) is 6.36. The molecule has 0 bridgehead atoms. The van der Waals surface area contributed by atoms with E-state index in [-0.39, 0.29) is 24.4 Å². The van der Waals surface area contributed by atoms with Gasteiger partial charge in [0, 0.05) is 5.69 Å². The molecule has 0 atom stereocenters. The number of esters is 1. The summed E-state index contributed by atoms with van der Waals surface area (Å²) in [5, 5.41) is 2.74. The monoisotopic (exact) mass is 261 g/mol. The molecule has 0 aromatic heterocycles. The molecule has 0 spiro atoms. The normalized spacial score (nSPS) is 15.2. The Morgan fingerprint density at radius 1 is 1.26 bits per heavy atom. The summed E-state index contributed by atoms with van der Waals surface area (Å²) >= 11 is 0. The minimum Gasteiger partial charge on any atom is -0.455 e. The molecule has 19 heavy (non-hydrogen) atoms. The van der Waals surface area contributed by atoms with Crippen molar-refractivity contribution in [3.8, 4) is 0 Å². The standard InChI is InChI=1S/C15H19NO3/c1-11-6-2-5-9-13(11)16-14(17)10-19-15(18)12-7-3-4-8-12/h2,5-6,9,12H,3-4,7-8,10H2,1H3,(H,16,17). The van der Waals surface area contributed by atoms with Gasteiger partial charge in [-0.3, -0.25) is 9.59 Å². The van der Waals surface area contributed by atoms with Crippen LogP contribution < -0.4 is 5.32 Å². The number of hydrogen-bond acceptors (Lipinski definition) is 3. The molecule has 0 heterocycles. The molecular weight excluding hydrogens is 242 g/mol. The summed E-state index contributed by atoms with van der Waals surface area (Å²) in [5.74, 6) is -0.538. The van der Waals surface area contributed by atoms with E-state index in [1.165, 1.54) is 0 Å². The number of anilines is 1. The Hall–Kier alpha value is -1.84. The van der Waals surface area contributed by atoms with Crippen LogP contribution in [0.1, 0.15) is 31.2 Å².